The number of carbonyl (C=O) groups excluding carboxylic acids is 2. The summed E-state index contributed by atoms with van der Waals surface area (Å²) in [7, 11) is -2.38. The van der Waals surface area contributed by atoms with Crippen LogP contribution in [-0.4, -0.2) is 57.6 Å². The van der Waals surface area contributed by atoms with Crippen molar-refractivity contribution < 1.29 is 22.7 Å². The van der Waals surface area contributed by atoms with Gasteiger partial charge in [-0.05, 0) is 42.7 Å². The number of nitrogens with one attached hydrogen (secondary N) is 1. The average Bonchev–Trinajstić information content (AvgIpc) is 2.79. The zero-order chi connectivity index (χ0) is 26.3. The van der Waals surface area contributed by atoms with E-state index in [1.165, 1.54) is 18.1 Å². The molecule has 1 atom stereocenters. The predicted molar refractivity (Wildman–Crippen MR) is 140 cm³/mol. The summed E-state index contributed by atoms with van der Waals surface area (Å²) in [4.78, 5) is 27.7. The van der Waals surface area contributed by atoms with Gasteiger partial charge in [0, 0.05) is 29.2 Å². The van der Waals surface area contributed by atoms with Gasteiger partial charge in [0.2, 0.25) is 21.8 Å². The number of amides is 2. The Bertz CT molecular complexity index is 1160. The lowest BCUT2D eigenvalue weighted by atomic mass is 10.1. The highest BCUT2D eigenvalue weighted by atomic mass is 35.5. The molecule has 35 heavy (non-hydrogen) atoms. The fourth-order valence-electron chi connectivity index (χ4n) is 3.25. The van der Waals surface area contributed by atoms with E-state index in [9.17, 15) is 18.0 Å². The third kappa shape index (κ3) is 8.30. The summed E-state index contributed by atoms with van der Waals surface area (Å²) in [6.45, 7) is 5.42. The second-order valence-corrected chi connectivity index (χ2v) is 11.3. The Morgan fingerprint density at radius 3 is 2.34 bits per heavy atom. The molecular formula is C24H31Cl2N3O5S. The van der Waals surface area contributed by atoms with E-state index in [1.807, 2.05) is 13.8 Å². The quantitative estimate of drug-likeness (QED) is 0.462. The lowest BCUT2D eigenvalue weighted by Gasteiger charge is -2.32. The predicted octanol–water partition coefficient (Wildman–Crippen LogP) is 3.96. The summed E-state index contributed by atoms with van der Waals surface area (Å²) in [6, 6.07) is 10.3. The van der Waals surface area contributed by atoms with E-state index in [-0.39, 0.29) is 24.1 Å². The maximum absolute atomic E-state index is 13.5. The van der Waals surface area contributed by atoms with Crippen molar-refractivity contribution in [3.8, 4) is 5.75 Å². The summed E-state index contributed by atoms with van der Waals surface area (Å²) in [5.74, 6) is -0.273. The molecule has 2 amide bonds. The molecule has 0 unspecified atom stereocenters. The van der Waals surface area contributed by atoms with Gasteiger partial charge < -0.3 is 15.0 Å². The van der Waals surface area contributed by atoms with E-state index >= 15 is 0 Å². The standard InChI is InChI=1S/C24H31Cl2N3O5S/c1-16(2)13-27-24(31)17(3)28(14-18-9-10-19(25)11-22(18)26)23(30)15-29(35(5,32)33)20-7-6-8-21(12-20)34-4/h6-12,16-17H,13-15H2,1-5H3,(H,27,31)/t17-/m1/s1. The van der Waals surface area contributed by atoms with E-state index in [0.717, 1.165) is 10.6 Å². The molecule has 0 saturated carbocycles. The molecule has 8 nitrogen and oxygen atoms in total. The molecule has 2 rings (SSSR count). The molecule has 0 aromatic heterocycles. The third-order valence-electron chi connectivity index (χ3n) is 5.23. The van der Waals surface area contributed by atoms with Gasteiger partial charge in [0.1, 0.15) is 18.3 Å². The van der Waals surface area contributed by atoms with E-state index in [4.69, 9.17) is 27.9 Å². The molecule has 0 saturated heterocycles. The van der Waals surface area contributed by atoms with Crippen LogP contribution in [0.2, 0.25) is 10.0 Å². The number of hydrogen-bond acceptors (Lipinski definition) is 5. The van der Waals surface area contributed by atoms with Crippen molar-refractivity contribution >= 4 is 50.7 Å². The van der Waals surface area contributed by atoms with Gasteiger partial charge in [-0.3, -0.25) is 13.9 Å². The first-order chi connectivity index (χ1) is 16.3. The van der Waals surface area contributed by atoms with Crippen molar-refractivity contribution in [1.29, 1.82) is 0 Å². The Balaban J connectivity index is 2.41. The number of halogens is 2. The van der Waals surface area contributed by atoms with E-state index in [0.29, 0.717) is 27.9 Å². The normalized spacial score (nSPS) is 12.2. The molecule has 0 radical (unpaired) electrons. The largest absolute Gasteiger partial charge is 0.497 e. The summed E-state index contributed by atoms with van der Waals surface area (Å²) in [6.07, 6.45) is 1.01. The number of rotatable bonds is 11. The van der Waals surface area contributed by atoms with Crippen LogP contribution >= 0.6 is 23.2 Å². The lowest BCUT2D eigenvalue weighted by molar-refractivity contribution is -0.139. The summed E-state index contributed by atoms with van der Waals surface area (Å²) in [5, 5.41) is 3.58. The minimum atomic E-state index is -3.84. The summed E-state index contributed by atoms with van der Waals surface area (Å²) in [5.41, 5.74) is 0.835. The molecule has 192 valence electrons. The van der Waals surface area contributed by atoms with Crippen LogP contribution < -0.4 is 14.4 Å². The Morgan fingerprint density at radius 1 is 1.09 bits per heavy atom. The Labute approximate surface area is 217 Å². The van der Waals surface area contributed by atoms with Crippen LogP contribution in [0.4, 0.5) is 5.69 Å². The third-order valence-corrected chi connectivity index (χ3v) is 6.96. The molecule has 0 heterocycles. The van der Waals surface area contributed by atoms with Gasteiger partial charge in [0.25, 0.3) is 0 Å². The second-order valence-electron chi connectivity index (χ2n) is 8.54. The fraction of sp³-hybridized carbons (Fsp3) is 0.417. The molecule has 0 fully saturated rings. The Hall–Kier alpha value is -2.49. The molecule has 11 heteroatoms. The first-order valence-electron chi connectivity index (χ1n) is 11.0. The van der Waals surface area contributed by atoms with E-state index in [2.05, 4.69) is 5.32 Å². The SMILES string of the molecule is COc1cccc(N(CC(=O)N(Cc2ccc(Cl)cc2Cl)[C@H](C)C(=O)NCC(C)C)S(C)(=O)=O)c1. The maximum atomic E-state index is 13.5. The Morgan fingerprint density at radius 2 is 1.77 bits per heavy atom. The van der Waals surface area contributed by atoms with Gasteiger partial charge >= 0.3 is 0 Å². The molecule has 2 aromatic carbocycles. The fourth-order valence-corrected chi connectivity index (χ4v) is 4.56. The molecule has 0 aliphatic rings. The van der Waals surface area contributed by atoms with Crippen LogP contribution in [0.5, 0.6) is 5.75 Å². The lowest BCUT2D eigenvalue weighted by Crippen LogP contribution is -2.51. The minimum Gasteiger partial charge on any atom is -0.497 e. The zero-order valence-electron chi connectivity index (χ0n) is 20.4. The molecule has 0 aliphatic heterocycles. The van der Waals surface area contributed by atoms with Crippen LogP contribution in [-0.2, 0) is 26.2 Å². The van der Waals surface area contributed by atoms with Gasteiger partial charge in [0.15, 0.2) is 0 Å². The monoisotopic (exact) mass is 543 g/mol. The van der Waals surface area contributed by atoms with Crippen LogP contribution in [0.3, 0.4) is 0 Å². The number of sulfonamides is 1. The van der Waals surface area contributed by atoms with E-state index in [1.54, 1.807) is 43.3 Å². The number of nitrogens with zero attached hydrogens (tertiary/aromatic N) is 2. The van der Waals surface area contributed by atoms with Crippen LogP contribution in [0.15, 0.2) is 42.5 Å². The average molecular weight is 545 g/mol. The molecule has 2 aromatic rings. The number of hydrogen-bond donors (Lipinski definition) is 1. The highest BCUT2D eigenvalue weighted by Crippen LogP contribution is 2.25. The second kappa shape index (κ2) is 12.5. The maximum Gasteiger partial charge on any atom is 0.244 e. The topological polar surface area (TPSA) is 96.0 Å². The first-order valence-corrected chi connectivity index (χ1v) is 13.6. The van der Waals surface area contributed by atoms with Gasteiger partial charge in [-0.2, -0.15) is 0 Å². The van der Waals surface area contributed by atoms with Gasteiger partial charge in [0.05, 0.1) is 19.1 Å². The summed E-state index contributed by atoms with van der Waals surface area (Å²) >= 11 is 12.3. The van der Waals surface area contributed by atoms with Crippen LogP contribution in [0, 0.1) is 5.92 Å². The molecule has 1 N–H and O–H groups in total. The van der Waals surface area contributed by atoms with Crippen molar-refractivity contribution in [2.24, 2.45) is 5.92 Å². The smallest absolute Gasteiger partial charge is 0.244 e. The molecular weight excluding hydrogens is 513 g/mol. The minimum absolute atomic E-state index is 0.0131. The summed E-state index contributed by atoms with van der Waals surface area (Å²) < 4.78 is 31.4. The first kappa shape index (κ1) is 28.7. The van der Waals surface area contributed by atoms with Gasteiger partial charge in [-0.15, -0.1) is 0 Å². The molecule has 0 bridgehead atoms. The van der Waals surface area contributed by atoms with Crippen LogP contribution in [0.25, 0.3) is 0 Å². The number of carbonyl (C=O) groups is 2. The number of methoxy groups -OCH3 is 1. The van der Waals surface area contributed by atoms with Crippen molar-refractivity contribution in [3.63, 3.8) is 0 Å². The van der Waals surface area contributed by atoms with Crippen molar-refractivity contribution in [2.45, 2.75) is 33.4 Å². The zero-order valence-corrected chi connectivity index (χ0v) is 22.7. The van der Waals surface area contributed by atoms with E-state index < -0.39 is 28.5 Å². The molecule has 0 spiro atoms. The van der Waals surface area contributed by atoms with Crippen molar-refractivity contribution in [1.82, 2.24) is 10.2 Å². The van der Waals surface area contributed by atoms with Gasteiger partial charge in [-0.1, -0.05) is 49.2 Å². The van der Waals surface area contributed by atoms with Crippen molar-refractivity contribution in [3.05, 3.63) is 58.1 Å². The number of ether oxygens (including phenoxy) is 1. The van der Waals surface area contributed by atoms with Crippen LogP contribution in [0.1, 0.15) is 26.3 Å². The highest BCUT2D eigenvalue weighted by molar-refractivity contribution is 7.92. The number of anilines is 1. The van der Waals surface area contributed by atoms with Gasteiger partial charge in [-0.25, -0.2) is 8.42 Å². The number of benzene rings is 2. The highest BCUT2D eigenvalue weighted by Gasteiger charge is 2.30. The van der Waals surface area contributed by atoms with Crippen molar-refractivity contribution in [2.75, 3.05) is 30.8 Å². The molecule has 0 aliphatic carbocycles. The Kier molecular flexibility index (Phi) is 10.2.